The number of allylic oxidation sites excluding steroid dienone is 1. The lowest BCUT2D eigenvalue weighted by Crippen LogP contribution is -2.45. The number of carbonyl (C=O) groups excluding carboxylic acids is 2. The van der Waals surface area contributed by atoms with Crippen LogP contribution >= 0.6 is 0 Å². The molecule has 0 saturated heterocycles. The fourth-order valence-corrected chi connectivity index (χ4v) is 3.13. The van der Waals surface area contributed by atoms with Gasteiger partial charge < -0.3 is 16.0 Å². The smallest absolute Gasteiger partial charge is 0.269 e. The number of rotatable bonds is 6. The highest BCUT2D eigenvalue weighted by molar-refractivity contribution is 6.42. The third-order valence-electron chi connectivity index (χ3n) is 4.77. The highest BCUT2D eigenvalue weighted by Gasteiger charge is 2.25. The van der Waals surface area contributed by atoms with E-state index in [9.17, 15) is 18.4 Å². The summed E-state index contributed by atoms with van der Waals surface area (Å²) in [4.78, 5) is 24.7. The van der Waals surface area contributed by atoms with Gasteiger partial charge in [0.05, 0.1) is 0 Å². The second-order valence-electron chi connectivity index (χ2n) is 7.04. The molecule has 0 aliphatic carbocycles. The first-order valence-corrected chi connectivity index (χ1v) is 9.48. The number of carbonyl (C=O) groups is 2. The number of anilines is 1. The van der Waals surface area contributed by atoms with E-state index in [0.29, 0.717) is 18.5 Å². The summed E-state index contributed by atoms with van der Waals surface area (Å²) in [6.07, 6.45) is 2.31. The van der Waals surface area contributed by atoms with E-state index in [-0.39, 0.29) is 23.7 Å². The SMILES string of the molecule is C/C(=C/C(=N)C(=O)N[C@H]1CCc2ccccc2NC1=O)NCc1cc(F)ccc1F. The molecular formula is C22H22F2N4O2. The molecule has 3 rings (SSSR count). The lowest BCUT2D eigenvalue weighted by molar-refractivity contribution is -0.123. The number of aryl methyl sites for hydroxylation is 1. The maximum atomic E-state index is 13.7. The second kappa shape index (κ2) is 9.30. The van der Waals surface area contributed by atoms with Crippen molar-refractivity contribution in [3.8, 4) is 0 Å². The Morgan fingerprint density at radius 2 is 2.03 bits per heavy atom. The number of halogens is 2. The molecule has 0 fully saturated rings. The molecular weight excluding hydrogens is 390 g/mol. The Balaban J connectivity index is 1.56. The number of para-hydroxylation sites is 1. The van der Waals surface area contributed by atoms with Crippen LogP contribution in [0, 0.1) is 17.0 Å². The monoisotopic (exact) mass is 412 g/mol. The highest BCUT2D eigenvalue weighted by Crippen LogP contribution is 2.21. The Morgan fingerprint density at radius 1 is 1.27 bits per heavy atom. The summed E-state index contributed by atoms with van der Waals surface area (Å²) >= 11 is 0. The molecule has 0 bridgehead atoms. The summed E-state index contributed by atoms with van der Waals surface area (Å²) in [5.74, 6) is -2.13. The predicted molar refractivity (Wildman–Crippen MR) is 110 cm³/mol. The van der Waals surface area contributed by atoms with Crippen LogP contribution < -0.4 is 16.0 Å². The third-order valence-corrected chi connectivity index (χ3v) is 4.77. The first-order chi connectivity index (χ1) is 14.3. The molecule has 30 heavy (non-hydrogen) atoms. The van der Waals surface area contributed by atoms with Gasteiger partial charge in [0.1, 0.15) is 23.4 Å². The minimum atomic E-state index is -0.756. The summed E-state index contributed by atoms with van der Waals surface area (Å²) in [6.45, 7) is 1.61. The topological polar surface area (TPSA) is 94.1 Å². The zero-order chi connectivity index (χ0) is 21.7. The maximum absolute atomic E-state index is 13.7. The Bertz CT molecular complexity index is 1020. The third kappa shape index (κ3) is 5.28. The maximum Gasteiger partial charge on any atom is 0.269 e. The van der Waals surface area contributed by atoms with Gasteiger partial charge in [-0.2, -0.15) is 0 Å². The van der Waals surface area contributed by atoms with Crippen LogP contribution in [0.25, 0.3) is 0 Å². The molecule has 0 aromatic heterocycles. The number of nitrogens with one attached hydrogen (secondary N) is 4. The van der Waals surface area contributed by atoms with Crippen LogP contribution in [0.15, 0.2) is 54.2 Å². The van der Waals surface area contributed by atoms with Crippen molar-refractivity contribution in [1.29, 1.82) is 5.41 Å². The molecule has 1 atom stereocenters. The molecule has 2 aromatic carbocycles. The van der Waals surface area contributed by atoms with Crippen molar-refractivity contribution in [1.82, 2.24) is 10.6 Å². The molecule has 1 aliphatic heterocycles. The normalized spacial score (nSPS) is 16.2. The Hall–Kier alpha value is -3.55. The number of benzene rings is 2. The second-order valence-corrected chi connectivity index (χ2v) is 7.04. The number of hydrogen-bond acceptors (Lipinski definition) is 4. The quantitative estimate of drug-likeness (QED) is 0.550. The lowest BCUT2D eigenvalue weighted by atomic mass is 10.1. The van der Waals surface area contributed by atoms with Gasteiger partial charge in [0, 0.05) is 23.5 Å². The van der Waals surface area contributed by atoms with E-state index < -0.39 is 23.6 Å². The molecule has 1 aliphatic rings. The minimum Gasteiger partial charge on any atom is -0.384 e. The molecule has 0 radical (unpaired) electrons. The lowest BCUT2D eigenvalue weighted by Gasteiger charge is -2.15. The van der Waals surface area contributed by atoms with Crippen LogP contribution in [-0.2, 0) is 22.6 Å². The molecule has 2 aromatic rings. The van der Waals surface area contributed by atoms with Crippen molar-refractivity contribution in [2.75, 3.05) is 5.32 Å². The molecule has 1 heterocycles. The van der Waals surface area contributed by atoms with E-state index in [4.69, 9.17) is 5.41 Å². The molecule has 2 amide bonds. The van der Waals surface area contributed by atoms with E-state index in [0.717, 1.165) is 29.4 Å². The van der Waals surface area contributed by atoms with Crippen LogP contribution in [0.1, 0.15) is 24.5 Å². The van der Waals surface area contributed by atoms with Crippen molar-refractivity contribution in [2.24, 2.45) is 0 Å². The van der Waals surface area contributed by atoms with E-state index in [1.807, 2.05) is 18.2 Å². The average Bonchev–Trinajstić information content (AvgIpc) is 2.87. The van der Waals surface area contributed by atoms with E-state index in [1.165, 1.54) is 6.08 Å². The molecule has 0 spiro atoms. The molecule has 156 valence electrons. The molecule has 8 heteroatoms. The first-order valence-electron chi connectivity index (χ1n) is 9.48. The summed E-state index contributed by atoms with van der Waals surface area (Å²) in [7, 11) is 0. The summed E-state index contributed by atoms with van der Waals surface area (Å²) in [5, 5.41) is 16.2. The van der Waals surface area contributed by atoms with Crippen molar-refractivity contribution >= 4 is 23.2 Å². The van der Waals surface area contributed by atoms with Gasteiger partial charge in [-0.15, -0.1) is 0 Å². The van der Waals surface area contributed by atoms with E-state index in [2.05, 4.69) is 16.0 Å². The number of hydrogen-bond donors (Lipinski definition) is 4. The van der Waals surface area contributed by atoms with E-state index in [1.54, 1.807) is 13.0 Å². The molecule has 4 N–H and O–H groups in total. The van der Waals surface area contributed by atoms with Crippen LogP contribution in [0.3, 0.4) is 0 Å². The fourth-order valence-electron chi connectivity index (χ4n) is 3.13. The van der Waals surface area contributed by atoms with Crippen LogP contribution in [0.2, 0.25) is 0 Å². The summed E-state index contributed by atoms with van der Waals surface area (Å²) < 4.78 is 26.9. The zero-order valence-corrected chi connectivity index (χ0v) is 16.4. The number of fused-ring (bicyclic) bond motifs is 1. The molecule has 0 saturated carbocycles. The van der Waals surface area contributed by atoms with Crippen molar-refractivity contribution < 1.29 is 18.4 Å². The minimum absolute atomic E-state index is 0.00408. The van der Waals surface area contributed by atoms with Gasteiger partial charge >= 0.3 is 0 Å². The van der Waals surface area contributed by atoms with Crippen LogP contribution in [0.5, 0.6) is 0 Å². The largest absolute Gasteiger partial charge is 0.384 e. The standard InChI is InChI=1S/C22H22F2N4O2/c1-13(26-12-15-11-16(23)7-8-17(15)24)10-18(25)21(29)28-20-9-6-14-4-2-3-5-19(14)27-22(20)30/h2-5,7-8,10-11,20,25-26H,6,9,12H2,1H3,(H,27,30)(H,28,29)/b13-10-,25-18?/t20-/m0/s1. The molecule has 0 unspecified atom stereocenters. The van der Waals surface area contributed by atoms with Crippen molar-refractivity contribution in [3.63, 3.8) is 0 Å². The Morgan fingerprint density at radius 3 is 2.83 bits per heavy atom. The van der Waals surface area contributed by atoms with Crippen LogP contribution in [0.4, 0.5) is 14.5 Å². The Labute approximate surface area is 172 Å². The van der Waals surface area contributed by atoms with Gasteiger partial charge in [0.2, 0.25) is 5.91 Å². The molecule has 6 nitrogen and oxygen atoms in total. The first kappa shape index (κ1) is 21.2. The summed E-state index contributed by atoms with van der Waals surface area (Å²) in [5.41, 5.74) is 1.92. The van der Waals surface area contributed by atoms with Gasteiger partial charge in [-0.05, 0) is 55.7 Å². The van der Waals surface area contributed by atoms with Gasteiger partial charge in [-0.25, -0.2) is 8.78 Å². The van der Waals surface area contributed by atoms with Crippen molar-refractivity contribution in [2.45, 2.75) is 32.4 Å². The highest BCUT2D eigenvalue weighted by atomic mass is 19.1. The van der Waals surface area contributed by atoms with Crippen molar-refractivity contribution in [3.05, 3.63) is 77.0 Å². The average molecular weight is 412 g/mol. The van der Waals surface area contributed by atoms with Gasteiger partial charge in [0.15, 0.2) is 0 Å². The van der Waals surface area contributed by atoms with Gasteiger partial charge in [-0.3, -0.25) is 15.0 Å². The zero-order valence-electron chi connectivity index (χ0n) is 16.4. The summed E-state index contributed by atoms with van der Waals surface area (Å²) in [6, 6.07) is 9.82. The Kier molecular flexibility index (Phi) is 6.56. The fraction of sp³-hybridized carbons (Fsp3) is 0.227. The van der Waals surface area contributed by atoms with E-state index >= 15 is 0 Å². The van der Waals surface area contributed by atoms with Gasteiger partial charge in [-0.1, -0.05) is 18.2 Å². The number of amides is 2. The predicted octanol–water partition coefficient (Wildman–Crippen LogP) is 3.05. The van der Waals surface area contributed by atoms with Gasteiger partial charge in [0.25, 0.3) is 5.91 Å². The van der Waals surface area contributed by atoms with Crippen LogP contribution in [-0.4, -0.2) is 23.6 Å².